The Kier molecular flexibility index (Phi) is 17.9. The van der Waals surface area contributed by atoms with Gasteiger partial charge in [-0.25, -0.2) is 0 Å². The van der Waals surface area contributed by atoms with Gasteiger partial charge in [-0.3, -0.25) is 4.79 Å². The summed E-state index contributed by atoms with van der Waals surface area (Å²) in [5.41, 5.74) is 0. The molecule has 0 aromatic carbocycles. The van der Waals surface area contributed by atoms with E-state index in [0.29, 0.717) is 6.42 Å². The summed E-state index contributed by atoms with van der Waals surface area (Å²) in [6.45, 7) is 1.32. The summed E-state index contributed by atoms with van der Waals surface area (Å²) in [5, 5.41) is 48.9. The molecule has 8 nitrogen and oxygen atoms in total. The van der Waals surface area contributed by atoms with Crippen LogP contribution in [-0.2, 0) is 9.53 Å². The van der Waals surface area contributed by atoms with Crippen LogP contribution in [0.3, 0.4) is 0 Å². The molecule has 1 amide bonds. The number of rotatable bonds is 20. The van der Waals surface area contributed by atoms with E-state index in [1.807, 2.05) is 0 Å². The van der Waals surface area contributed by atoms with Gasteiger partial charge in [-0.15, -0.1) is 0 Å². The quantitative estimate of drug-likeness (QED) is 0.166. The maximum absolute atomic E-state index is 12.7. The molecule has 202 valence electrons. The van der Waals surface area contributed by atoms with Gasteiger partial charge in [0.1, 0.15) is 24.4 Å². The first kappa shape index (κ1) is 31.3. The smallest absolute Gasteiger partial charge is 0.224 e. The van der Waals surface area contributed by atoms with Gasteiger partial charge in [-0.2, -0.15) is 0 Å². The minimum absolute atomic E-state index is 0.0553. The molecule has 5 N–H and O–H groups in total. The number of carbonyl (C=O) groups excluding carboxylic acids is 1. The maximum atomic E-state index is 12.7. The fraction of sp³-hybridized carbons (Fsp3) is 0.962. The summed E-state index contributed by atoms with van der Waals surface area (Å²) in [5.74, 6) is -0.284. The van der Waals surface area contributed by atoms with Gasteiger partial charge in [-0.05, 0) is 6.42 Å². The van der Waals surface area contributed by atoms with Crippen molar-refractivity contribution >= 4 is 5.91 Å². The van der Waals surface area contributed by atoms with Crippen LogP contribution >= 0.6 is 0 Å². The van der Waals surface area contributed by atoms with Crippen LogP contribution in [0.15, 0.2) is 0 Å². The van der Waals surface area contributed by atoms with E-state index in [1.54, 1.807) is 0 Å². The molecule has 8 heteroatoms. The third-order valence-corrected chi connectivity index (χ3v) is 6.83. The fourth-order valence-electron chi connectivity index (χ4n) is 4.63. The van der Waals surface area contributed by atoms with E-state index in [0.717, 1.165) is 19.3 Å². The van der Waals surface area contributed by atoms with E-state index in [-0.39, 0.29) is 25.5 Å². The molecule has 5 atom stereocenters. The monoisotopic (exact) mass is 489 g/mol. The number of unbranched alkanes of at least 4 members (excludes halogenated alkanes) is 14. The lowest BCUT2D eigenvalue weighted by Gasteiger charge is -2.44. The Bertz CT molecular complexity index is 506. The minimum atomic E-state index is -1.55. The Morgan fingerprint density at radius 3 is 1.62 bits per heavy atom. The summed E-state index contributed by atoms with van der Waals surface area (Å²) in [6, 6.07) is 0. The van der Waals surface area contributed by atoms with Crippen molar-refractivity contribution in [2.45, 2.75) is 140 Å². The van der Waals surface area contributed by atoms with Gasteiger partial charge in [0.25, 0.3) is 0 Å². The van der Waals surface area contributed by atoms with Gasteiger partial charge < -0.3 is 35.2 Å². The summed E-state index contributed by atoms with van der Waals surface area (Å²) in [6.07, 6.45) is 12.0. The number of aliphatic hydroxyl groups is 5. The Balaban J connectivity index is 2.16. The maximum Gasteiger partial charge on any atom is 0.224 e. The van der Waals surface area contributed by atoms with Gasteiger partial charge in [0.15, 0.2) is 6.23 Å². The van der Waals surface area contributed by atoms with Crippen LogP contribution in [0.5, 0.6) is 0 Å². The molecule has 0 bridgehead atoms. The molecule has 1 rings (SSSR count). The third kappa shape index (κ3) is 11.8. The van der Waals surface area contributed by atoms with Crippen LogP contribution < -0.4 is 0 Å². The van der Waals surface area contributed by atoms with Crippen molar-refractivity contribution in [3.63, 3.8) is 0 Å². The molecule has 0 saturated carbocycles. The predicted molar refractivity (Wildman–Crippen MR) is 132 cm³/mol. The Labute approximate surface area is 206 Å². The van der Waals surface area contributed by atoms with Crippen molar-refractivity contribution in [1.82, 2.24) is 4.90 Å². The number of amides is 1. The molecule has 1 saturated heterocycles. The van der Waals surface area contributed by atoms with Crippen LogP contribution in [-0.4, -0.2) is 86.7 Å². The highest BCUT2D eigenvalue weighted by molar-refractivity contribution is 5.76. The Morgan fingerprint density at radius 2 is 1.18 bits per heavy atom. The molecule has 0 aromatic rings. The molecule has 1 aliphatic heterocycles. The van der Waals surface area contributed by atoms with Crippen molar-refractivity contribution < 1.29 is 35.1 Å². The topological polar surface area (TPSA) is 131 Å². The number of ether oxygens (including phenoxy) is 1. The van der Waals surface area contributed by atoms with Crippen molar-refractivity contribution in [2.24, 2.45) is 0 Å². The number of carbonyl (C=O) groups is 1. The van der Waals surface area contributed by atoms with Crippen LogP contribution in [0.4, 0.5) is 0 Å². The minimum Gasteiger partial charge on any atom is -0.395 e. The molecular formula is C26H51NO7. The largest absolute Gasteiger partial charge is 0.395 e. The van der Waals surface area contributed by atoms with Gasteiger partial charge >= 0.3 is 0 Å². The van der Waals surface area contributed by atoms with Gasteiger partial charge in [0, 0.05) is 13.0 Å². The Hall–Kier alpha value is -0.770. The molecule has 0 aromatic heterocycles. The SMILES string of the molecule is CCCCCCCCCCCCCCCCCC(=O)N(CCO)[C@@H]1O[C@H](CO)[C@@H](O)[C@H](O)[C@H]1O. The first-order valence-electron chi connectivity index (χ1n) is 13.7. The lowest BCUT2D eigenvalue weighted by atomic mass is 9.97. The first-order chi connectivity index (χ1) is 16.5. The number of hydrogen-bond acceptors (Lipinski definition) is 7. The molecule has 0 unspecified atom stereocenters. The van der Waals surface area contributed by atoms with Crippen molar-refractivity contribution in [1.29, 1.82) is 0 Å². The van der Waals surface area contributed by atoms with Crippen LogP contribution in [0.1, 0.15) is 110 Å². The highest BCUT2D eigenvalue weighted by Gasteiger charge is 2.46. The summed E-state index contributed by atoms with van der Waals surface area (Å²) in [7, 11) is 0. The summed E-state index contributed by atoms with van der Waals surface area (Å²) >= 11 is 0. The van der Waals surface area contributed by atoms with Crippen molar-refractivity contribution in [3.8, 4) is 0 Å². The van der Waals surface area contributed by atoms with Crippen LogP contribution in [0.2, 0.25) is 0 Å². The average molecular weight is 490 g/mol. The second kappa shape index (κ2) is 19.4. The van der Waals surface area contributed by atoms with E-state index >= 15 is 0 Å². The third-order valence-electron chi connectivity index (χ3n) is 6.83. The molecule has 1 heterocycles. The normalized spacial score (nSPS) is 24.9. The fourth-order valence-corrected chi connectivity index (χ4v) is 4.63. The molecule has 0 radical (unpaired) electrons. The standard InChI is InChI=1S/C26H51NO7/c1-2-3-4-5-6-7-8-9-10-11-12-13-14-15-16-17-22(30)27(18-19-28)26-25(33)24(32)23(31)21(20-29)34-26/h21,23-26,28-29,31-33H,2-20H2,1H3/t21-,23-,24+,25-,26-/m1/s1. The van der Waals surface area contributed by atoms with E-state index in [9.17, 15) is 30.3 Å². The second-order valence-corrected chi connectivity index (χ2v) is 9.73. The van der Waals surface area contributed by atoms with E-state index in [4.69, 9.17) is 4.74 Å². The van der Waals surface area contributed by atoms with Gasteiger partial charge in [-0.1, -0.05) is 96.8 Å². The zero-order valence-electron chi connectivity index (χ0n) is 21.3. The van der Waals surface area contributed by atoms with Crippen LogP contribution in [0.25, 0.3) is 0 Å². The summed E-state index contributed by atoms with van der Waals surface area (Å²) < 4.78 is 5.48. The lowest BCUT2D eigenvalue weighted by molar-refractivity contribution is -0.263. The van der Waals surface area contributed by atoms with E-state index < -0.39 is 37.3 Å². The molecule has 34 heavy (non-hydrogen) atoms. The second-order valence-electron chi connectivity index (χ2n) is 9.73. The highest BCUT2D eigenvalue weighted by Crippen LogP contribution is 2.24. The van der Waals surface area contributed by atoms with Crippen molar-refractivity contribution in [2.75, 3.05) is 19.8 Å². The van der Waals surface area contributed by atoms with Crippen molar-refractivity contribution in [3.05, 3.63) is 0 Å². The van der Waals surface area contributed by atoms with Gasteiger partial charge in [0.2, 0.25) is 5.91 Å². The summed E-state index contributed by atoms with van der Waals surface area (Å²) in [4.78, 5) is 13.9. The van der Waals surface area contributed by atoms with E-state index in [2.05, 4.69) is 6.92 Å². The van der Waals surface area contributed by atoms with E-state index in [1.165, 1.54) is 75.5 Å². The van der Waals surface area contributed by atoms with Crippen LogP contribution in [0, 0.1) is 0 Å². The number of nitrogens with zero attached hydrogens (tertiary/aromatic N) is 1. The predicted octanol–water partition coefficient (Wildman–Crippen LogP) is 2.87. The lowest BCUT2D eigenvalue weighted by Crippen LogP contribution is -2.64. The van der Waals surface area contributed by atoms with Gasteiger partial charge in [0.05, 0.1) is 13.2 Å². The molecule has 0 aliphatic carbocycles. The number of aliphatic hydroxyl groups excluding tert-OH is 5. The molecule has 1 fully saturated rings. The zero-order chi connectivity index (χ0) is 25.2. The number of hydrogen-bond donors (Lipinski definition) is 5. The Morgan fingerprint density at radius 1 is 0.706 bits per heavy atom. The average Bonchev–Trinajstić information content (AvgIpc) is 2.84. The molecule has 1 aliphatic rings. The highest BCUT2D eigenvalue weighted by atomic mass is 16.6. The zero-order valence-corrected chi connectivity index (χ0v) is 21.3. The first-order valence-corrected chi connectivity index (χ1v) is 13.7. The molecular weight excluding hydrogens is 438 g/mol. The molecule has 0 spiro atoms.